The fraction of sp³-hybridized carbons (Fsp3) is 1.00. The van der Waals surface area contributed by atoms with Gasteiger partial charge >= 0.3 is 0 Å². The Morgan fingerprint density at radius 3 is 2.31 bits per heavy atom. The molecule has 2 aliphatic heterocycles. The molecule has 1 N–H and O–H groups in total. The van der Waals surface area contributed by atoms with Crippen LogP contribution in [0.2, 0.25) is 0 Å². The summed E-state index contributed by atoms with van der Waals surface area (Å²) >= 11 is 0. The zero-order chi connectivity index (χ0) is 10.8. The van der Waals surface area contributed by atoms with E-state index in [-0.39, 0.29) is 0 Å². The molecule has 92 valence electrons. The standard InChI is InChI=1S/C14H26N2/c1-2-6-14(5-1)7-10-16(11-8-14)13-4-3-9-15-12-13/h13,15H,1-12H2. The van der Waals surface area contributed by atoms with Crippen LogP contribution in [0.5, 0.6) is 0 Å². The van der Waals surface area contributed by atoms with E-state index in [9.17, 15) is 0 Å². The maximum Gasteiger partial charge on any atom is 0.0221 e. The maximum atomic E-state index is 3.55. The van der Waals surface area contributed by atoms with Crippen LogP contribution in [0.1, 0.15) is 51.4 Å². The highest BCUT2D eigenvalue weighted by Gasteiger charge is 2.38. The first kappa shape index (κ1) is 11.0. The minimum Gasteiger partial charge on any atom is -0.315 e. The summed E-state index contributed by atoms with van der Waals surface area (Å²) in [5.41, 5.74) is 0.790. The van der Waals surface area contributed by atoms with Crippen LogP contribution in [0, 0.1) is 5.41 Å². The monoisotopic (exact) mass is 222 g/mol. The number of nitrogens with one attached hydrogen (secondary N) is 1. The highest BCUT2D eigenvalue weighted by Crippen LogP contribution is 2.46. The molecule has 3 fully saturated rings. The van der Waals surface area contributed by atoms with Crippen molar-refractivity contribution in [2.75, 3.05) is 26.2 Å². The smallest absolute Gasteiger partial charge is 0.0221 e. The molecular formula is C14H26N2. The van der Waals surface area contributed by atoms with Gasteiger partial charge in [0, 0.05) is 12.6 Å². The van der Waals surface area contributed by atoms with E-state index in [1.165, 1.54) is 77.5 Å². The molecule has 2 heterocycles. The molecule has 1 saturated carbocycles. The quantitative estimate of drug-likeness (QED) is 0.733. The van der Waals surface area contributed by atoms with E-state index in [1.807, 2.05) is 0 Å². The van der Waals surface area contributed by atoms with Crippen LogP contribution in [0.25, 0.3) is 0 Å². The molecule has 2 heteroatoms. The van der Waals surface area contributed by atoms with Gasteiger partial charge in [0.15, 0.2) is 0 Å². The Balaban J connectivity index is 1.53. The van der Waals surface area contributed by atoms with Gasteiger partial charge in [-0.3, -0.25) is 4.90 Å². The van der Waals surface area contributed by atoms with E-state index in [1.54, 1.807) is 0 Å². The summed E-state index contributed by atoms with van der Waals surface area (Å²) in [6.07, 6.45) is 11.9. The van der Waals surface area contributed by atoms with Gasteiger partial charge < -0.3 is 5.32 Å². The number of hydrogen-bond donors (Lipinski definition) is 1. The third-order valence-electron chi connectivity index (χ3n) is 5.31. The van der Waals surface area contributed by atoms with Crippen molar-refractivity contribution in [2.45, 2.75) is 57.4 Å². The molecule has 0 amide bonds. The number of piperidine rings is 2. The summed E-state index contributed by atoms with van der Waals surface area (Å²) in [6.45, 7) is 5.25. The van der Waals surface area contributed by atoms with E-state index in [0.29, 0.717) is 0 Å². The van der Waals surface area contributed by atoms with Gasteiger partial charge in [0.25, 0.3) is 0 Å². The normalized spacial score (nSPS) is 35.6. The Morgan fingerprint density at radius 1 is 0.938 bits per heavy atom. The Bertz CT molecular complexity index is 217. The van der Waals surface area contributed by atoms with Crippen molar-refractivity contribution in [3.63, 3.8) is 0 Å². The highest BCUT2D eigenvalue weighted by molar-refractivity contribution is 4.92. The molecule has 1 unspecified atom stereocenters. The first-order chi connectivity index (χ1) is 7.88. The summed E-state index contributed by atoms with van der Waals surface area (Å²) in [6, 6.07) is 0.854. The predicted molar refractivity (Wildman–Crippen MR) is 67.6 cm³/mol. The molecule has 16 heavy (non-hydrogen) atoms. The summed E-state index contributed by atoms with van der Waals surface area (Å²) in [7, 11) is 0. The second kappa shape index (κ2) is 4.66. The largest absolute Gasteiger partial charge is 0.315 e. The average Bonchev–Trinajstić information content (AvgIpc) is 2.80. The molecule has 1 aliphatic carbocycles. The van der Waals surface area contributed by atoms with Gasteiger partial charge in [-0.1, -0.05) is 12.8 Å². The molecule has 0 aromatic heterocycles. The lowest BCUT2D eigenvalue weighted by Gasteiger charge is -2.44. The molecule has 1 spiro atoms. The number of rotatable bonds is 1. The fourth-order valence-corrected chi connectivity index (χ4v) is 4.13. The SMILES string of the molecule is C1CNCC(N2CCC3(CCCC3)CC2)C1. The third-order valence-corrected chi connectivity index (χ3v) is 5.31. The van der Waals surface area contributed by atoms with Crippen LogP contribution in [0.4, 0.5) is 0 Å². The van der Waals surface area contributed by atoms with E-state index in [4.69, 9.17) is 0 Å². The molecule has 0 aromatic carbocycles. The zero-order valence-corrected chi connectivity index (χ0v) is 10.5. The van der Waals surface area contributed by atoms with E-state index >= 15 is 0 Å². The van der Waals surface area contributed by atoms with Crippen molar-refractivity contribution >= 4 is 0 Å². The topological polar surface area (TPSA) is 15.3 Å². The lowest BCUT2D eigenvalue weighted by molar-refractivity contribution is 0.0662. The first-order valence-corrected chi connectivity index (χ1v) is 7.33. The molecule has 0 radical (unpaired) electrons. The zero-order valence-electron chi connectivity index (χ0n) is 10.5. The summed E-state index contributed by atoms with van der Waals surface area (Å²) < 4.78 is 0. The molecule has 3 rings (SSSR count). The van der Waals surface area contributed by atoms with Gasteiger partial charge in [-0.05, 0) is 63.6 Å². The lowest BCUT2D eigenvalue weighted by atomic mass is 9.76. The van der Waals surface area contributed by atoms with Crippen LogP contribution >= 0.6 is 0 Å². The maximum absolute atomic E-state index is 3.55. The van der Waals surface area contributed by atoms with E-state index in [0.717, 1.165) is 11.5 Å². The molecule has 2 saturated heterocycles. The Kier molecular flexibility index (Phi) is 3.21. The Labute approximate surface area is 99.8 Å². The highest BCUT2D eigenvalue weighted by atomic mass is 15.2. The Hall–Kier alpha value is -0.0800. The molecule has 0 aromatic rings. The van der Waals surface area contributed by atoms with Gasteiger partial charge in [0.1, 0.15) is 0 Å². The average molecular weight is 222 g/mol. The van der Waals surface area contributed by atoms with Gasteiger partial charge in [-0.25, -0.2) is 0 Å². The lowest BCUT2D eigenvalue weighted by Crippen LogP contribution is -2.50. The second-order valence-electron chi connectivity index (χ2n) is 6.24. The summed E-state index contributed by atoms with van der Waals surface area (Å²) in [5, 5.41) is 3.55. The van der Waals surface area contributed by atoms with Crippen molar-refractivity contribution < 1.29 is 0 Å². The fourth-order valence-electron chi connectivity index (χ4n) is 4.13. The van der Waals surface area contributed by atoms with Crippen LogP contribution in [-0.4, -0.2) is 37.1 Å². The third kappa shape index (κ3) is 2.14. The van der Waals surface area contributed by atoms with Crippen molar-refractivity contribution in [3.05, 3.63) is 0 Å². The molecule has 3 aliphatic rings. The van der Waals surface area contributed by atoms with Gasteiger partial charge in [-0.2, -0.15) is 0 Å². The minimum atomic E-state index is 0.790. The van der Waals surface area contributed by atoms with Crippen LogP contribution < -0.4 is 5.32 Å². The molecule has 1 atom stereocenters. The van der Waals surface area contributed by atoms with Crippen molar-refractivity contribution in [3.8, 4) is 0 Å². The molecule has 0 bridgehead atoms. The van der Waals surface area contributed by atoms with Gasteiger partial charge in [0.05, 0.1) is 0 Å². The van der Waals surface area contributed by atoms with E-state index < -0.39 is 0 Å². The predicted octanol–water partition coefficient (Wildman–Crippen LogP) is 2.39. The van der Waals surface area contributed by atoms with Crippen LogP contribution in [0.15, 0.2) is 0 Å². The minimum absolute atomic E-state index is 0.790. The number of nitrogens with zero attached hydrogens (tertiary/aromatic N) is 1. The van der Waals surface area contributed by atoms with Crippen molar-refractivity contribution in [1.82, 2.24) is 10.2 Å². The number of likely N-dealkylation sites (tertiary alicyclic amines) is 1. The van der Waals surface area contributed by atoms with Gasteiger partial charge in [0.2, 0.25) is 0 Å². The molecule has 2 nitrogen and oxygen atoms in total. The van der Waals surface area contributed by atoms with Crippen LogP contribution in [0.3, 0.4) is 0 Å². The van der Waals surface area contributed by atoms with Crippen molar-refractivity contribution in [2.24, 2.45) is 5.41 Å². The number of hydrogen-bond acceptors (Lipinski definition) is 2. The Morgan fingerprint density at radius 2 is 1.69 bits per heavy atom. The van der Waals surface area contributed by atoms with Crippen molar-refractivity contribution in [1.29, 1.82) is 0 Å². The summed E-state index contributed by atoms with van der Waals surface area (Å²) in [4.78, 5) is 2.77. The summed E-state index contributed by atoms with van der Waals surface area (Å²) in [5.74, 6) is 0. The molecular weight excluding hydrogens is 196 g/mol. The van der Waals surface area contributed by atoms with Gasteiger partial charge in [-0.15, -0.1) is 0 Å². The first-order valence-electron chi connectivity index (χ1n) is 7.33. The van der Waals surface area contributed by atoms with E-state index in [2.05, 4.69) is 10.2 Å². The van der Waals surface area contributed by atoms with Crippen LogP contribution in [-0.2, 0) is 0 Å². The second-order valence-corrected chi connectivity index (χ2v) is 6.24.